The molecule has 0 radical (unpaired) electrons. The minimum atomic E-state index is -3.75. The summed E-state index contributed by atoms with van der Waals surface area (Å²) in [5, 5.41) is 14.1. The Morgan fingerprint density at radius 2 is 1.94 bits per heavy atom. The third kappa shape index (κ3) is 4.78. The van der Waals surface area contributed by atoms with E-state index in [9.17, 15) is 22.7 Å². The van der Waals surface area contributed by atoms with Gasteiger partial charge < -0.3 is 14.5 Å². The lowest BCUT2D eigenvalue weighted by molar-refractivity contribution is -0.130. The molecule has 3 heterocycles. The molecule has 2 saturated heterocycles. The Kier molecular flexibility index (Phi) is 6.09. The summed E-state index contributed by atoms with van der Waals surface area (Å²) in [6, 6.07) is 4.44. The summed E-state index contributed by atoms with van der Waals surface area (Å²) in [4.78, 5) is 19.8. The van der Waals surface area contributed by atoms with Crippen molar-refractivity contribution in [1.82, 2.24) is 19.9 Å². The van der Waals surface area contributed by atoms with E-state index in [-0.39, 0.29) is 34.6 Å². The second kappa shape index (κ2) is 8.64. The number of hydrogen-bond acceptors (Lipinski definition) is 8. The van der Waals surface area contributed by atoms with E-state index in [0.717, 1.165) is 25.0 Å². The van der Waals surface area contributed by atoms with E-state index < -0.39 is 27.5 Å². The van der Waals surface area contributed by atoms with E-state index in [1.165, 1.54) is 12.1 Å². The third-order valence-electron chi connectivity index (χ3n) is 5.96. The summed E-state index contributed by atoms with van der Waals surface area (Å²) in [6.07, 6.45) is 1.43. The fourth-order valence-electron chi connectivity index (χ4n) is 4.35. The number of piperidine rings is 1. The number of likely N-dealkylation sites (tertiary alicyclic amines) is 2. The van der Waals surface area contributed by atoms with Crippen LogP contribution in [-0.4, -0.2) is 71.2 Å². The number of benzene rings is 1. The van der Waals surface area contributed by atoms with E-state index in [0.29, 0.717) is 26.1 Å². The van der Waals surface area contributed by atoms with Gasteiger partial charge in [-0.25, -0.2) is 12.8 Å². The highest BCUT2D eigenvalue weighted by atomic mass is 32.2. The number of hydrogen-bond donors (Lipinski definition) is 1. The van der Waals surface area contributed by atoms with Crippen molar-refractivity contribution in [3.05, 3.63) is 41.8 Å². The predicted octanol–water partition coefficient (Wildman–Crippen LogP) is 1.30. The van der Waals surface area contributed by atoms with Crippen LogP contribution in [0.5, 0.6) is 0 Å². The lowest BCUT2D eigenvalue weighted by Gasteiger charge is -2.38. The van der Waals surface area contributed by atoms with Crippen molar-refractivity contribution in [3.63, 3.8) is 0 Å². The van der Waals surface area contributed by atoms with Crippen LogP contribution in [0.1, 0.15) is 43.9 Å². The monoisotopic (exact) mass is 452 g/mol. The first kappa shape index (κ1) is 21.8. The van der Waals surface area contributed by atoms with Crippen LogP contribution in [0.4, 0.5) is 4.39 Å². The summed E-state index contributed by atoms with van der Waals surface area (Å²) in [6.45, 7) is 3.33. The van der Waals surface area contributed by atoms with E-state index in [2.05, 4.69) is 15.0 Å². The summed E-state index contributed by atoms with van der Waals surface area (Å²) < 4.78 is 43.6. The van der Waals surface area contributed by atoms with Gasteiger partial charge in [-0.2, -0.15) is 4.98 Å². The maximum absolute atomic E-state index is 13.1. The molecule has 1 N–H and O–H groups in total. The largest absolute Gasteiger partial charge is 0.392 e. The molecule has 2 aliphatic heterocycles. The van der Waals surface area contributed by atoms with Crippen LogP contribution in [0, 0.1) is 5.82 Å². The first-order chi connectivity index (χ1) is 14.7. The van der Waals surface area contributed by atoms with Gasteiger partial charge in [-0.05, 0) is 43.5 Å². The molecule has 31 heavy (non-hydrogen) atoms. The van der Waals surface area contributed by atoms with Crippen LogP contribution in [0.15, 0.2) is 33.7 Å². The predicted molar refractivity (Wildman–Crippen MR) is 107 cm³/mol. The van der Waals surface area contributed by atoms with Gasteiger partial charge in [0.1, 0.15) is 11.6 Å². The number of nitrogens with zero attached hydrogens (tertiary/aromatic N) is 4. The zero-order chi connectivity index (χ0) is 22.2. The summed E-state index contributed by atoms with van der Waals surface area (Å²) >= 11 is 0. The van der Waals surface area contributed by atoms with Crippen LogP contribution in [0.2, 0.25) is 0 Å². The number of carbonyl (C=O) groups is 1. The third-order valence-corrected chi connectivity index (χ3v) is 7.59. The van der Waals surface area contributed by atoms with Gasteiger partial charge in [0, 0.05) is 32.6 Å². The zero-order valence-corrected chi connectivity index (χ0v) is 18.0. The Bertz CT molecular complexity index is 1030. The van der Waals surface area contributed by atoms with Gasteiger partial charge >= 0.3 is 0 Å². The molecule has 2 aromatic rings. The van der Waals surface area contributed by atoms with Gasteiger partial charge in [-0.3, -0.25) is 9.69 Å². The molecule has 1 aromatic carbocycles. The quantitative estimate of drug-likeness (QED) is 0.675. The van der Waals surface area contributed by atoms with Crippen molar-refractivity contribution in [1.29, 1.82) is 0 Å². The van der Waals surface area contributed by atoms with Gasteiger partial charge in [0.25, 0.3) is 0 Å². The topological polar surface area (TPSA) is 117 Å². The second-order valence-corrected chi connectivity index (χ2v) is 10.1. The molecule has 0 bridgehead atoms. The molecule has 9 nitrogen and oxygen atoms in total. The van der Waals surface area contributed by atoms with Crippen molar-refractivity contribution >= 4 is 15.7 Å². The summed E-state index contributed by atoms with van der Waals surface area (Å²) in [5.41, 5.74) is 0. The van der Waals surface area contributed by atoms with Crippen molar-refractivity contribution in [2.45, 2.75) is 55.0 Å². The SMILES string of the molecule is CC(=O)N1CCC(N2C[C@H](O)C[C@H]2c2nc(CS(=O)(=O)c3ccc(F)cc3)no2)CC1. The maximum Gasteiger partial charge on any atom is 0.244 e. The van der Waals surface area contributed by atoms with E-state index >= 15 is 0 Å². The molecule has 168 valence electrons. The van der Waals surface area contributed by atoms with Crippen molar-refractivity contribution in [2.24, 2.45) is 0 Å². The van der Waals surface area contributed by atoms with Gasteiger partial charge in [0.2, 0.25) is 11.8 Å². The molecule has 0 aliphatic carbocycles. The maximum atomic E-state index is 13.1. The van der Waals surface area contributed by atoms with Crippen LogP contribution < -0.4 is 0 Å². The summed E-state index contributed by atoms with van der Waals surface area (Å²) in [5.74, 6) is -0.633. The Balaban J connectivity index is 1.47. The number of amides is 1. The zero-order valence-electron chi connectivity index (χ0n) is 17.1. The van der Waals surface area contributed by atoms with Crippen LogP contribution >= 0.6 is 0 Å². The van der Waals surface area contributed by atoms with Gasteiger partial charge in [-0.15, -0.1) is 0 Å². The van der Waals surface area contributed by atoms with Crippen molar-refractivity contribution < 1.29 is 27.2 Å². The molecular formula is C20H25FN4O5S. The highest BCUT2D eigenvalue weighted by Crippen LogP contribution is 2.36. The van der Waals surface area contributed by atoms with Crippen LogP contribution in [0.3, 0.4) is 0 Å². The van der Waals surface area contributed by atoms with Crippen LogP contribution in [0.25, 0.3) is 0 Å². The Morgan fingerprint density at radius 3 is 2.58 bits per heavy atom. The highest BCUT2D eigenvalue weighted by molar-refractivity contribution is 7.90. The number of aliphatic hydroxyl groups is 1. The molecule has 2 fully saturated rings. The standard InChI is InChI=1S/C20H25FN4O5S/c1-13(26)24-8-6-15(7-9-24)25-11-16(27)10-18(25)20-22-19(23-30-20)12-31(28,29)17-4-2-14(21)3-5-17/h2-5,15-16,18,27H,6-12H2,1H3/t16-,18+/m1/s1. The van der Waals surface area contributed by atoms with Crippen LogP contribution in [-0.2, 0) is 20.4 Å². The van der Waals surface area contributed by atoms with E-state index in [4.69, 9.17) is 4.52 Å². The van der Waals surface area contributed by atoms with Crippen molar-refractivity contribution in [2.75, 3.05) is 19.6 Å². The number of rotatable bonds is 5. The van der Waals surface area contributed by atoms with Gasteiger partial charge in [0.05, 0.1) is 17.0 Å². The molecule has 2 atom stereocenters. The lowest BCUT2D eigenvalue weighted by atomic mass is 10.0. The first-order valence-corrected chi connectivity index (χ1v) is 11.9. The molecule has 11 heteroatoms. The average Bonchev–Trinajstić information content (AvgIpc) is 3.34. The Morgan fingerprint density at radius 1 is 1.26 bits per heavy atom. The Hall–Kier alpha value is -2.37. The Labute approximate surface area is 179 Å². The molecule has 2 aliphatic rings. The average molecular weight is 453 g/mol. The lowest BCUT2D eigenvalue weighted by Crippen LogP contribution is -2.46. The smallest absolute Gasteiger partial charge is 0.244 e. The first-order valence-electron chi connectivity index (χ1n) is 10.2. The number of aromatic nitrogens is 2. The summed E-state index contributed by atoms with van der Waals surface area (Å²) in [7, 11) is -3.75. The highest BCUT2D eigenvalue weighted by Gasteiger charge is 2.41. The number of β-amino-alcohol motifs (C(OH)–C–C–N with tert-alkyl or cyclic N) is 1. The molecule has 1 aromatic heterocycles. The fourth-order valence-corrected chi connectivity index (χ4v) is 5.53. The number of sulfone groups is 1. The van der Waals surface area contributed by atoms with E-state index in [1.54, 1.807) is 6.92 Å². The van der Waals surface area contributed by atoms with Gasteiger partial charge in [-0.1, -0.05) is 5.16 Å². The molecule has 4 rings (SSSR count). The van der Waals surface area contributed by atoms with E-state index in [1.807, 2.05) is 4.90 Å². The molecule has 0 unspecified atom stereocenters. The molecular weight excluding hydrogens is 427 g/mol. The fraction of sp³-hybridized carbons (Fsp3) is 0.550. The molecule has 0 saturated carbocycles. The minimum absolute atomic E-state index is 0.0182. The second-order valence-electron chi connectivity index (χ2n) is 8.10. The number of carbonyl (C=O) groups excluding carboxylic acids is 1. The number of aliphatic hydroxyl groups excluding tert-OH is 1. The van der Waals surface area contributed by atoms with Crippen molar-refractivity contribution in [3.8, 4) is 0 Å². The number of halogens is 1. The molecule has 0 spiro atoms. The normalized spacial score (nSPS) is 23.4. The molecule has 1 amide bonds. The van der Waals surface area contributed by atoms with Gasteiger partial charge in [0.15, 0.2) is 15.7 Å². The minimum Gasteiger partial charge on any atom is -0.392 e.